The zero-order valence-corrected chi connectivity index (χ0v) is 11.0. The lowest BCUT2D eigenvalue weighted by atomic mass is 10.2. The average molecular weight is 270 g/mol. The number of nitrogens with one attached hydrogen (secondary N) is 1. The normalized spacial score (nSPS) is 11.9. The molecule has 0 saturated carbocycles. The molecule has 19 heavy (non-hydrogen) atoms. The van der Waals surface area contributed by atoms with Crippen molar-refractivity contribution in [3.63, 3.8) is 0 Å². The third-order valence-electron chi connectivity index (χ3n) is 2.53. The van der Waals surface area contributed by atoms with Crippen LogP contribution in [0.15, 0.2) is 22.8 Å². The zero-order valence-electron chi connectivity index (χ0n) is 11.0. The fraction of sp³-hybridized carbons (Fsp3) is 0.500. The maximum absolute atomic E-state index is 11.8. The van der Waals surface area contributed by atoms with Gasteiger partial charge >= 0.3 is 12.0 Å². The molecule has 7 nitrogen and oxygen atoms in total. The fourth-order valence-electron chi connectivity index (χ4n) is 1.46. The predicted octanol–water partition coefficient (Wildman–Crippen LogP) is 0.911. The van der Waals surface area contributed by atoms with Crippen molar-refractivity contribution in [3.8, 4) is 0 Å². The van der Waals surface area contributed by atoms with E-state index in [9.17, 15) is 9.59 Å². The van der Waals surface area contributed by atoms with Gasteiger partial charge in [0.1, 0.15) is 11.8 Å². The van der Waals surface area contributed by atoms with Gasteiger partial charge in [-0.1, -0.05) is 0 Å². The smallest absolute Gasteiger partial charge is 0.326 e. The second kappa shape index (κ2) is 7.42. The van der Waals surface area contributed by atoms with Crippen molar-refractivity contribution in [3.05, 3.63) is 24.2 Å². The minimum Gasteiger partial charge on any atom is -0.480 e. The molecule has 0 radical (unpaired) electrons. The molecule has 106 valence electrons. The lowest BCUT2D eigenvalue weighted by molar-refractivity contribution is -0.139. The van der Waals surface area contributed by atoms with Gasteiger partial charge in [-0.15, -0.1) is 0 Å². The van der Waals surface area contributed by atoms with Crippen molar-refractivity contribution in [1.82, 2.24) is 10.2 Å². The molecule has 7 heteroatoms. The summed E-state index contributed by atoms with van der Waals surface area (Å²) in [7, 11) is 3.04. The van der Waals surface area contributed by atoms with Crippen LogP contribution in [0.4, 0.5) is 4.79 Å². The Morgan fingerprint density at radius 3 is 2.84 bits per heavy atom. The Balaban J connectivity index is 2.48. The van der Waals surface area contributed by atoms with Gasteiger partial charge in [0.05, 0.1) is 12.8 Å². The van der Waals surface area contributed by atoms with Gasteiger partial charge in [-0.25, -0.2) is 9.59 Å². The van der Waals surface area contributed by atoms with E-state index in [2.05, 4.69) is 5.32 Å². The topological polar surface area (TPSA) is 92.0 Å². The number of ether oxygens (including phenoxy) is 1. The summed E-state index contributed by atoms with van der Waals surface area (Å²) in [5.41, 5.74) is 0. The van der Waals surface area contributed by atoms with Crippen molar-refractivity contribution in [2.45, 2.75) is 19.0 Å². The van der Waals surface area contributed by atoms with E-state index in [1.807, 2.05) is 0 Å². The van der Waals surface area contributed by atoms with Gasteiger partial charge in [0.15, 0.2) is 0 Å². The zero-order chi connectivity index (χ0) is 14.3. The Kier molecular flexibility index (Phi) is 5.87. The number of aliphatic carboxylic acids is 1. The number of furan rings is 1. The summed E-state index contributed by atoms with van der Waals surface area (Å²) in [5, 5.41) is 11.4. The summed E-state index contributed by atoms with van der Waals surface area (Å²) in [6.45, 7) is 0.536. The number of nitrogens with zero attached hydrogens (tertiary/aromatic N) is 1. The fourth-order valence-corrected chi connectivity index (χ4v) is 1.46. The first-order valence-electron chi connectivity index (χ1n) is 5.80. The van der Waals surface area contributed by atoms with Gasteiger partial charge < -0.3 is 24.5 Å². The highest BCUT2D eigenvalue weighted by molar-refractivity contribution is 5.82. The molecule has 2 amide bonds. The monoisotopic (exact) mass is 270 g/mol. The van der Waals surface area contributed by atoms with Crippen molar-refractivity contribution >= 4 is 12.0 Å². The molecule has 2 N–H and O–H groups in total. The molecule has 0 spiro atoms. The van der Waals surface area contributed by atoms with Crippen LogP contribution in [0.25, 0.3) is 0 Å². The maximum Gasteiger partial charge on any atom is 0.326 e. The Morgan fingerprint density at radius 2 is 2.32 bits per heavy atom. The highest BCUT2D eigenvalue weighted by Crippen LogP contribution is 2.04. The summed E-state index contributed by atoms with van der Waals surface area (Å²) in [4.78, 5) is 24.1. The summed E-state index contributed by atoms with van der Waals surface area (Å²) in [6, 6.07) is 2.02. The molecule has 0 saturated heterocycles. The average Bonchev–Trinajstić information content (AvgIpc) is 2.86. The van der Waals surface area contributed by atoms with Crippen LogP contribution in [0, 0.1) is 0 Å². The molecule has 1 aromatic rings. The van der Waals surface area contributed by atoms with Gasteiger partial charge in [0.2, 0.25) is 0 Å². The third-order valence-corrected chi connectivity index (χ3v) is 2.53. The highest BCUT2D eigenvalue weighted by Gasteiger charge is 2.21. The molecular formula is C12H18N2O5. The second-order valence-electron chi connectivity index (χ2n) is 4.06. The predicted molar refractivity (Wildman–Crippen MR) is 66.6 cm³/mol. The molecule has 0 aliphatic rings. The summed E-state index contributed by atoms with van der Waals surface area (Å²) in [5.74, 6) is -0.460. The van der Waals surface area contributed by atoms with Crippen molar-refractivity contribution in [2.24, 2.45) is 0 Å². The van der Waals surface area contributed by atoms with E-state index in [1.165, 1.54) is 18.3 Å². The van der Waals surface area contributed by atoms with E-state index in [1.54, 1.807) is 19.2 Å². The molecule has 1 unspecified atom stereocenters. The second-order valence-corrected chi connectivity index (χ2v) is 4.06. The van der Waals surface area contributed by atoms with Crippen LogP contribution in [0.5, 0.6) is 0 Å². The molecule has 1 aromatic heterocycles. The van der Waals surface area contributed by atoms with E-state index in [0.717, 1.165) is 0 Å². The number of urea groups is 1. The largest absolute Gasteiger partial charge is 0.480 e. The highest BCUT2D eigenvalue weighted by atomic mass is 16.5. The Bertz CT molecular complexity index is 404. The molecule has 0 aliphatic heterocycles. The van der Waals surface area contributed by atoms with Crippen LogP contribution in [-0.4, -0.2) is 48.8 Å². The minimum absolute atomic E-state index is 0.214. The van der Waals surface area contributed by atoms with Crippen LogP contribution in [0.3, 0.4) is 0 Å². The molecule has 0 fully saturated rings. The van der Waals surface area contributed by atoms with Gasteiger partial charge in [0.25, 0.3) is 0 Å². The van der Waals surface area contributed by atoms with Gasteiger partial charge in [0, 0.05) is 27.2 Å². The number of methoxy groups -OCH3 is 1. The van der Waals surface area contributed by atoms with Gasteiger partial charge in [-0.3, -0.25) is 0 Å². The van der Waals surface area contributed by atoms with Crippen molar-refractivity contribution < 1.29 is 23.8 Å². The van der Waals surface area contributed by atoms with Crippen LogP contribution in [-0.2, 0) is 16.1 Å². The molecule has 1 atom stereocenters. The first-order valence-corrected chi connectivity index (χ1v) is 5.80. The minimum atomic E-state index is -1.09. The Labute approximate surface area is 111 Å². The number of carbonyl (C=O) groups is 2. The van der Waals surface area contributed by atoms with E-state index < -0.39 is 18.0 Å². The van der Waals surface area contributed by atoms with Gasteiger partial charge in [-0.2, -0.15) is 0 Å². The van der Waals surface area contributed by atoms with Gasteiger partial charge in [-0.05, 0) is 12.1 Å². The molecule has 0 bridgehead atoms. The van der Waals surface area contributed by atoms with Crippen LogP contribution < -0.4 is 5.32 Å². The van der Waals surface area contributed by atoms with E-state index in [4.69, 9.17) is 14.3 Å². The standard InChI is InChI=1S/C12H18N2O5/c1-14(8-9-4-3-6-19-9)12(17)13-10(11(15)16)5-7-18-2/h3-4,6,10H,5,7-8H2,1-2H3,(H,13,17)(H,15,16). The Morgan fingerprint density at radius 1 is 1.58 bits per heavy atom. The number of hydrogen-bond donors (Lipinski definition) is 2. The molecular weight excluding hydrogens is 252 g/mol. The number of carboxylic acids is 1. The van der Waals surface area contributed by atoms with E-state index in [-0.39, 0.29) is 19.6 Å². The van der Waals surface area contributed by atoms with E-state index in [0.29, 0.717) is 5.76 Å². The summed E-state index contributed by atoms with van der Waals surface area (Å²) < 4.78 is 9.92. The number of rotatable bonds is 7. The van der Waals surface area contributed by atoms with Crippen LogP contribution in [0.1, 0.15) is 12.2 Å². The van der Waals surface area contributed by atoms with Crippen LogP contribution in [0.2, 0.25) is 0 Å². The van der Waals surface area contributed by atoms with Crippen molar-refractivity contribution in [1.29, 1.82) is 0 Å². The Hall–Kier alpha value is -2.02. The lowest BCUT2D eigenvalue weighted by Crippen LogP contribution is -2.46. The molecule has 1 heterocycles. The molecule has 1 rings (SSSR count). The number of amides is 2. The molecule has 0 aromatic carbocycles. The number of carbonyl (C=O) groups excluding carboxylic acids is 1. The maximum atomic E-state index is 11.8. The summed E-state index contributed by atoms with van der Waals surface area (Å²) in [6.07, 6.45) is 1.73. The summed E-state index contributed by atoms with van der Waals surface area (Å²) >= 11 is 0. The molecule has 0 aliphatic carbocycles. The van der Waals surface area contributed by atoms with Crippen LogP contribution >= 0.6 is 0 Å². The lowest BCUT2D eigenvalue weighted by Gasteiger charge is -2.20. The first-order chi connectivity index (χ1) is 9.04. The SMILES string of the molecule is COCCC(NC(=O)N(C)Cc1ccco1)C(=O)O. The van der Waals surface area contributed by atoms with Crippen molar-refractivity contribution in [2.75, 3.05) is 20.8 Å². The number of carboxylic acid groups (broad SMARTS) is 1. The third kappa shape index (κ3) is 5.01. The number of hydrogen-bond acceptors (Lipinski definition) is 4. The quantitative estimate of drug-likeness (QED) is 0.768. The first kappa shape index (κ1) is 15.0. The van der Waals surface area contributed by atoms with E-state index >= 15 is 0 Å².